The van der Waals surface area contributed by atoms with Crippen molar-refractivity contribution < 1.29 is 9.59 Å². The van der Waals surface area contributed by atoms with Crippen molar-refractivity contribution in [2.24, 2.45) is 5.41 Å². The van der Waals surface area contributed by atoms with E-state index in [1.54, 1.807) is 12.2 Å². The summed E-state index contributed by atoms with van der Waals surface area (Å²) < 4.78 is 0. The van der Waals surface area contributed by atoms with Gasteiger partial charge in [0, 0.05) is 0 Å². The van der Waals surface area contributed by atoms with Gasteiger partial charge in [-0.1, -0.05) is 25.3 Å². The molecule has 80 valence electrons. The third kappa shape index (κ3) is 2.62. The molecule has 2 heteroatoms. The average molecular weight is 204 g/mol. The normalized spacial score (nSPS) is 10.1. The molecule has 0 N–H and O–H groups in total. The lowest BCUT2D eigenvalue weighted by molar-refractivity contribution is -0.134. The Morgan fingerprint density at radius 1 is 0.867 bits per heavy atom. The fourth-order valence-electron chi connectivity index (χ4n) is 1.49. The Morgan fingerprint density at radius 3 is 1.40 bits per heavy atom. The molecule has 0 amide bonds. The zero-order chi connectivity index (χ0) is 11.9. The predicted octanol–water partition coefficient (Wildman–Crippen LogP) is 2.64. The van der Waals surface area contributed by atoms with Gasteiger partial charge in [0.1, 0.15) is 5.41 Å². The molecule has 0 saturated heterocycles. The number of rotatable bonds is 8. The van der Waals surface area contributed by atoms with Crippen molar-refractivity contribution in [2.75, 3.05) is 0 Å². The lowest BCUT2D eigenvalue weighted by atomic mass is 9.73. The van der Waals surface area contributed by atoms with E-state index in [0.29, 0.717) is 0 Å². The fraction of sp³-hybridized carbons (Fsp3) is 0.231. The largest absolute Gasteiger partial charge is 0.294 e. The molecule has 0 atom stereocenters. The van der Waals surface area contributed by atoms with Crippen molar-refractivity contribution in [3.8, 4) is 0 Å². The van der Waals surface area contributed by atoms with E-state index >= 15 is 0 Å². The molecule has 15 heavy (non-hydrogen) atoms. The number of hydrogen-bond donors (Lipinski definition) is 0. The molecule has 0 heterocycles. The standard InChI is InChI=1S/C13H16O2/c1-5-9-13(10-6-2,11(14)7-3)12(15)8-4/h5-8H,1-4,9-10H2. The van der Waals surface area contributed by atoms with Gasteiger partial charge in [-0.25, -0.2) is 0 Å². The van der Waals surface area contributed by atoms with E-state index in [1.165, 1.54) is 0 Å². The Labute approximate surface area is 90.7 Å². The summed E-state index contributed by atoms with van der Waals surface area (Å²) in [4.78, 5) is 23.5. The van der Waals surface area contributed by atoms with E-state index in [4.69, 9.17) is 0 Å². The lowest BCUT2D eigenvalue weighted by Gasteiger charge is -2.25. The van der Waals surface area contributed by atoms with E-state index in [1.807, 2.05) is 0 Å². The second-order valence-electron chi connectivity index (χ2n) is 3.20. The molecule has 0 aromatic rings. The van der Waals surface area contributed by atoms with Gasteiger partial charge in [0.25, 0.3) is 0 Å². The minimum atomic E-state index is -1.13. The van der Waals surface area contributed by atoms with Crippen molar-refractivity contribution in [2.45, 2.75) is 12.8 Å². The van der Waals surface area contributed by atoms with Gasteiger partial charge < -0.3 is 0 Å². The average Bonchev–Trinajstić information content (AvgIpc) is 2.26. The van der Waals surface area contributed by atoms with Crippen LogP contribution in [0.25, 0.3) is 0 Å². The number of carbonyl (C=O) groups excluding carboxylic acids is 2. The van der Waals surface area contributed by atoms with Crippen molar-refractivity contribution >= 4 is 11.6 Å². The molecule has 0 aliphatic heterocycles. The van der Waals surface area contributed by atoms with E-state index in [0.717, 1.165) is 12.2 Å². The van der Waals surface area contributed by atoms with E-state index in [2.05, 4.69) is 26.3 Å². The van der Waals surface area contributed by atoms with Crippen LogP contribution in [0.2, 0.25) is 0 Å². The third-order valence-corrected chi connectivity index (χ3v) is 2.30. The minimum Gasteiger partial charge on any atom is -0.294 e. The Morgan fingerprint density at radius 2 is 1.20 bits per heavy atom. The quantitative estimate of drug-likeness (QED) is 0.346. The summed E-state index contributed by atoms with van der Waals surface area (Å²) in [6, 6.07) is 0. The summed E-state index contributed by atoms with van der Waals surface area (Å²) in [6.07, 6.45) is 5.96. The van der Waals surface area contributed by atoms with Gasteiger partial charge in [-0.05, 0) is 25.0 Å². The molecular weight excluding hydrogens is 188 g/mol. The molecule has 0 radical (unpaired) electrons. The molecule has 0 aliphatic carbocycles. The maximum atomic E-state index is 11.7. The highest BCUT2D eigenvalue weighted by molar-refractivity contribution is 6.15. The van der Waals surface area contributed by atoms with Gasteiger partial charge in [0.15, 0.2) is 11.6 Å². The van der Waals surface area contributed by atoms with Crippen LogP contribution in [-0.4, -0.2) is 11.6 Å². The van der Waals surface area contributed by atoms with Gasteiger partial charge in [-0.2, -0.15) is 0 Å². The van der Waals surface area contributed by atoms with Crippen LogP contribution in [0, 0.1) is 5.41 Å². The smallest absolute Gasteiger partial charge is 0.169 e. The molecule has 0 aromatic heterocycles. The minimum absolute atomic E-state index is 0.273. The molecule has 0 rings (SSSR count). The molecule has 0 aromatic carbocycles. The van der Waals surface area contributed by atoms with Crippen LogP contribution in [0.3, 0.4) is 0 Å². The second-order valence-corrected chi connectivity index (χ2v) is 3.20. The first kappa shape index (κ1) is 13.3. The van der Waals surface area contributed by atoms with E-state index in [9.17, 15) is 9.59 Å². The van der Waals surface area contributed by atoms with Crippen molar-refractivity contribution in [3.63, 3.8) is 0 Å². The monoisotopic (exact) mass is 204 g/mol. The fourth-order valence-corrected chi connectivity index (χ4v) is 1.49. The first-order chi connectivity index (χ1) is 7.08. The van der Waals surface area contributed by atoms with Crippen LogP contribution in [0.4, 0.5) is 0 Å². The summed E-state index contributed by atoms with van der Waals surface area (Å²) in [6.45, 7) is 13.9. The van der Waals surface area contributed by atoms with Crippen LogP contribution in [0.1, 0.15) is 12.8 Å². The second kappa shape index (κ2) is 5.91. The molecule has 0 saturated carbocycles. The molecule has 0 bridgehead atoms. The first-order valence-corrected chi connectivity index (χ1v) is 4.64. The highest BCUT2D eigenvalue weighted by Crippen LogP contribution is 2.31. The van der Waals surface area contributed by atoms with Crippen molar-refractivity contribution in [1.82, 2.24) is 0 Å². The van der Waals surface area contributed by atoms with Crippen molar-refractivity contribution in [1.29, 1.82) is 0 Å². The highest BCUT2D eigenvalue weighted by atomic mass is 16.2. The maximum Gasteiger partial charge on any atom is 0.169 e. The number of allylic oxidation sites excluding steroid dienone is 4. The van der Waals surface area contributed by atoms with E-state index < -0.39 is 5.41 Å². The van der Waals surface area contributed by atoms with Gasteiger partial charge in [-0.3, -0.25) is 9.59 Å². The summed E-state index contributed by atoms with van der Waals surface area (Å²) in [5.74, 6) is -0.626. The van der Waals surface area contributed by atoms with Crippen LogP contribution in [0.15, 0.2) is 50.6 Å². The summed E-state index contributed by atoms with van der Waals surface area (Å²) in [5, 5.41) is 0. The molecular formula is C13H16O2. The molecule has 2 nitrogen and oxygen atoms in total. The van der Waals surface area contributed by atoms with Crippen LogP contribution >= 0.6 is 0 Å². The van der Waals surface area contributed by atoms with Crippen LogP contribution in [-0.2, 0) is 9.59 Å². The Hall–Kier alpha value is -1.70. The summed E-state index contributed by atoms with van der Waals surface area (Å²) >= 11 is 0. The van der Waals surface area contributed by atoms with Gasteiger partial charge in [0.2, 0.25) is 0 Å². The number of hydrogen-bond acceptors (Lipinski definition) is 2. The maximum absolute atomic E-state index is 11.7. The Bertz CT molecular complexity index is 278. The Kier molecular flexibility index (Phi) is 5.24. The molecule has 0 spiro atoms. The van der Waals surface area contributed by atoms with Gasteiger partial charge >= 0.3 is 0 Å². The Balaban J connectivity index is 5.41. The zero-order valence-corrected chi connectivity index (χ0v) is 8.87. The molecule has 0 aliphatic rings. The lowest BCUT2D eigenvalue weighted by Crippen LogP contribution is -2.36. The number of ketones is 2. The van der Waals surface area contributed by atoms with Crippen LogP contribution < -0.4 is 0 Å². The summed E-state index contributed by atoms with van der Waals surface area (Å²) in [7, 11) is 0. The van der Waals surface area contributed by atoms with E-state index in [-0.39, 0.29) is 24.4 Å². The number of carbonyl (C=O) groups is 2. The SMILES string of the molecule is C=CCC(CC=C)(C(=O)C=C)C(=O)C=C. The topological polar surface area (TPSA) is 34.1 Å². The third-order valence-electron chi connectivity index (χ3n) is 2.30. The zero-order valence-electron chi connectivity index (χ0n) is 8.87. The van der Waals surface area contributed by atoms with Crippen molar-refractivity contribution in [3.05, 3.63) is 50.6 Å². The highest BCUT2D eigenvalue weighted by Gasteiger charge is 2.39. The predicted molar refractivity (Wildman–Crippen MR) is 62.5 cm³/mol. The molecule has 0 fully saturated rings. The van der Waals surface area contributed by atoms with Crippen LogP contribution in [0.5, 0.6) is 0 Å². The molecule has 0 unspecified atom stereocenters. The summed E-state index contributed by atoms with van der Waals surface area (Å²) in [5.41, 5.74) is -1.13. The van der Waals surface area contributed by atoms with Gasteiger partial charge in [0.05, 0.1) is 0 Å². The first-order valence-electron chi connectivity index (χ1n) is 4.64. The van der Waals surface area contributed by atoms with Gasteiger partial charge in [-0.15, -0.1) is 13.2 Å².